The summed E-state index contributed by atoms with van der Waals surface area (Å²) in [7, 11) is 3.28. The van der Waals surface area contributed by atoms with Gasteiger partial charge in [0.05, 0.1) is 19.8 Å². The first-order chi connectivity index (χ1) is 8.71. The van der Waals surface area contributed by atoms with Crippen LogP contribution in [0.1, 0.15) is 5.56 Å². The van der Waals surface area contributed by atoms with Crippen molar-refractivity contribution < 1.29 is 9.47 Å². The molecule has 1 aromatic heterocycles. The predicted molar refractivity (Wildman–Crippen MR) is 73.2 cm³/mol. The number of nitrogens with one attached hydrogen (secondary N) is 1. The van der Waals surface area contributed by atoms with Crippen molar-refractivity contribution in [2.45, 2.75) is 6.92 Å². The van der Waals surface area contributed by atoms with Gasteiger partial charge in [-0.15, -0.1) is 11.3 Å². The molecule has 0 aliphatic rings. The lowest BCUT2D eigenvalue weighted by Crippen LogP contribution is -2.06. The van der Waals surface area contributed by atoms with Crippen molar-refractivity contribution >= 4 is 17.2 Å². The summed E-state index contributed by atoms with van der Waals surface area (Å²) in [5.41, 5.74) is 4.41. The predicted octanol–water partition coefficient (Wildman–Crippen LogP) is 2.42. The molecule has 3 N–H and O–H groups in total. The largest absolute Gasteiger partial charge is 0.496 e. The van der Waals surface area contributed by atoms with Crippen molar-refractivity contribution in [1.29, 1.82) is 0 Å². The van der Waals surface area contributed by atoms with Crippen LogP contribution in [0.5, 0.6) is 11.5 Å². The number of thiazole rings is 1. The fourth-order valence-corrected chi connectivity index (χ4v) is 2.57. The molecule has 6 heteroatoms. The highest BCUT2D eigenvalue weighted by Gasteiger charge is 2.15. The van der Waals surface area contributed by atoms with Gasteiger partial charge < -0.3 is 14.9 Å². The lowest BCUT2D eigenvalue weighted by atomic mass is 10.1. The molecule has 0 unspecified atom stereocenters. The molecule has 0 atom stereocenters. The number of nitrogen functional groups attached to an aromatic ring is 1. The van der Waals surface area contributed by atoms with Gasteiger partial charge >= 0.3 is 0 Å². The highest BCUT2D eigenvalue weighted by molar-refractivity contribution is 7.13. The molecule has 0 aliphatic heterocycles. The minimum atomic E-state index is 0.644. The minimum Gasteiger partial charge on any atom is -0.496 e. The molecule has 0 fully saturated rings. The van der Waals surface area contributed by atoms with Gasteiger partial charge in [-0.05, 0) is 19.1 Å². The smallest absolute Gasteiger partial charge is 0.151 e. The van der Waals surface area contributed by atoms with Crippen LogP contribution in [-0.2, 0) is 0 Å². The first kappa shape index (κ1) is 12.7. The number of hydrazine groups is 1. The summed E-state index contributed by atoms with van der Waals surface area (Å²) in [4.78, 5) is 4.37. The van der Waals surface area contributed by atoms with Crippen LogP contribution in [0.4, 0.5) is 5.82 Å². The van der Waals surface area contributed by atoms with Gasteiger partial charge in [-0.25, -0.2) is 10.8 Å². The molecule has 18 heavy (non-hydrogen) atoms. The number of methoxy groups -OCH3 is 2. The van der Waals surface area contributed by atoms with Gasteiger partial charge in [0.1, 0.15) is 16.5 Å². The van der Waals surface area contributed by atoms with E-state index in [0.29, 0.717) is 5.82 Å². The Labute approximate surface area is 110 Å². The zero-order valence-corrected chi connectivity index (χ0v) is 11.3. The number of hydrogen-bond acceptors (Lipinski definition) is 6. The Morgan fingerprint density at radius 1 is 1.28 bits per heavy atom. The zero-order valence-electron chi connectivity index (χ0n) is 10.5. The normalized spacial score (nSPS) is 10.2. The van der Waals surface area contributed by atoms with Crippen LogP contribution in [-0.4, -0.2) is 19.2 Å². The lowest BCUT2D eigenvalue weighted by molar-refractivity contribution is 0.390. The molecule has 0 amide bonds. The maximum Gasteiger partial charge on any atom is 0.151 e. The molecule has 2 aromatic rings. The van der Waals surface area contributed by atoms with E-state index in [1.807, 2.05) is 24.4 Å². The number of nitrogens with zero attached hydrogens (tertiary/aromatic N) is 1. The molecule has 0 saturated carbocycles. The summed E-state index contributed by atoms with van der Waals surface area (Å²) in [6.07, 6.45) is 0. The Kier molecular flexibility index (Phi) is 3.69. The van der Waals surface area contributed by atoms with Gasteiger partial charge in [0.25, 0.3) is 0 Å². The molecule has 0 aliphatic carbocycles. The third kappa shape index (κ3) is 2.12. The van der Waals surface area contributed by atoms with Crippen LogP contribution < -0.4 is 20.7 Å². The van der Waals surface area contributed by atoms with Crippen molar-refractivity contribution in [3.8, 4) is 22.1 Å². The maximum atomic E-state index is 5.45. The topological polar surface area (TPSA) is 69.4 Å². The summed E-state index contributed by atoms with van der Waals surface area (Å²) in [6.45, 7) is 1.96. The van der Waals surface area contributed by atoms with Gasteiger partial charge in [-0.3, -0.25) is 0 Å². The van der Waals surface area contributed by atoms with E-state index in [4.69, 9.17) is 15.3 Å². The SMILES string of the molecule is COc1ccc(-c2nc(NN)cs2)c(OC)c1C. The zero-order chi connectivity index (χ0) is 13.1. The quantitative estimate of drug-likeness (QED) is 0.656. The average molecular weight is 265 g/mol. The lowest BCUT2D eigenvalue weighted by Gasteiger charge is -2.12. The van der Waals surface area contributed by atoms with E-state index in [0.717, 1.165) is 27.6 Å². The van der Waals surface area contributed by atoms with E-state index in [2.05, 4.69) is 10.4 Å². The summed E-state index contributed by atoms with van der Waals surface area (Å²) < 4.78 is 10.7. The number of aromatic nitrogens is 1. The van der Waals surface area contributed by atoms with Crippen LogP contribution in [0.25, 0.3) is 10.6 Å². The van der Waals surface area contributed by atoms with E-state index in [1.54, 1.807) is 14.2 Å². The van der Waals surface area contributed by atoms with Crippen LogP contribution in [0.15, 0.2) is 17.5 Å². The highest BCUT2D eigenvalue weighted by atomic mass is 32.1. The Balaban J connectivity index is 2.53. The first-order valence-corrected chi connectivity index (χ1v) is 6.23. The first-order valence-electron chi connectivity index (χ1n) is 5.35. The van der Waals surface area contributed by atoms with E-state index >= 15 is 0 Å². The average Bonchev–Trinajstić information content (AvgIpc) is 2.87. The van der Waals surface area contributed by atoms with Crippen LogP contribution >= 0.6 is 11.3 Å². The highest BCUT2D eigenvalue weighted by Crippen LogP contribution is 2.39. The molecular weight excluding hydrogens is 250 g/mol. The Bertz CT molecular complexity index is 554. The maximum absolute atomic E-state index is 5.45. The molecule has 96 valence electrons. The minimum absolute atomic E-state index is 0.644. The fourth-order valence-electron chi connectivity index (χ4n) is 1.79. The number of anilines is 1. The standard InChI is InChI=1S/C12H15N3O2S/c1-7-9(16-2)5-4-8(11(7)17-3)12-14-10(15-13)6-18-12/h4-6,15H,13H2,1-3H3. The summed E-state index contributed by atoms with van der Waals surface area (Å²) in [5, 5.41) is 2.71. The molecular formula is C12H15N3O2S. The van der Waals surface area contributed by atoms with Crippen LogP contribution in [0, 0.1) is 6.92 Å². The van der Waals surface area contributed by atoms with Gasteiger partial charge in [0.15, 0.2) is 5.82 Å². The number of benzene rings is 1. The monoisotopic (exact) mass is 265 g/mol. The van der Waals surface area contributed by atoms with E-state index in [9.17, 15) is 0 Å². The Hall–Kier alpha value is -1.79. The number of ether oxygens (including phenoxy) is 2. The number of nitrogens with two attached hydrogens (primary N) is 1. The molecule has 0 spiro atoms. The van der Waals surface area contributed by atoms with Crippen molar-refractivity contribution in [2.75, 3.05) is 19.6 Å². The molecule has 1 heterocycles. The van der Waals surface area contributed by atoms with Crippen molar-refractivity contribution in [3.05, 3.63) is 23.1 Å². The molecule has 1 aromatic carbocycles. The number of hydrogen-bond donors (Lipinski definition) is 2. The Morgan fingerprint density at radius 3 is 2.61 bits per heavy atom. The van der Waals surface area contributed by atoms with E-state index in [-0.39, 0.29) is 0 Å². The number of rotatable bonds is 4. The van der Waals surface area contributed by atoms with Gasteiger partial charge in [0, 0.05) is 10.9 Å². The van der Waals surface area contributed by atoms with Crippen molar-refractivity contribution in [1.82, 2.24) is 4.98 Å². The van der Waals surface area contributed by atoms with Crippen molar-refractivity contribution in [2.24, 2.45) is 5.84 Å². The summed E-state index contributed by atoms with van der Waals surface area (Å²) >= 11 is 1.50. The van der Waals surface area contributed by atoms with Crippen LogP contribution in [0.3, 0.4) is 0 Å². The van der Waals surface area contributed by atoms with E-state index in [1.165, 1.54) is 11.3 Å². The van der Waals surface area contributed by atoms with Gasteiger partial charge in [-0.2, -0.15) is 0 Å². The molecule has 0 bridgehead atoms. The third-order valence-corrected chi connectivity index (χ3v) is 3.54. The van der Waals surface area contributed by atoms with Gasteiger partial charge in [0.2, 0.25) is 0 Å². The van der Waals surface area contributed by atoms with Crippen molar-refractivity contribution in [3.63, 3.8) is 0 Å². The summed E-state index contributed by atoms with van der Waals surface area (Å²) in [5.74, 6) is 7.54. The van der Waals surface area contributed by atoms with E-state index < -0.39 is 0 Å². The molecule has 0 radical (unpaired) electrons. The third-order valence-electron chi connectivity index (χ3n) is 2.66. The fraction of sp³-hybridized carbons (Fsp3) is 0.250. The Morgan fingerprint density at radius 2 is 2.06 bits per heavy atom. The molecule has 2 rings (SSSR count). The second-order valence-electron chi connectivity index (χ2n) is 3.66. The second-order valence-corrected chi connectivity index (χ2v) is 4.51. The summed E-state index contributed by atoms with van der Waals surface area (Å²) in [6, 6.07) is 3.84. The van der Waals surface area contributed by atoms with Crippen LogP contribution in [0.2, 0.25) is 0 Å². The molecule has 5 nitrogen and oxygen atoms in total. The second kappa shape index (κ2) is 5.24. The van der Waals surface area contributed by atoms with Gasteiger partial charge in [-0.1, -0.05) is 0 Å². The molecule has 0 saturated heterocycles.